The van der Waals surface area contributed by atoms with Crippen molar-refractivity contribution in [3.63, 3.8) is 0 Å². The quantitative estimate of drug-likeness (QED) is 0.916. The van der Waals surface area contributed by atoms with E-state index in [1.165, 1.54) is 12.1 Å². The highest BCUT2D eigenvalue weighted by atomic mass is 19.4. The van der Waals surface area contributed by atoms with Crippen LogP contribution in [0.5, 0.6) is 5.75 Å². The van der Waals surface area contributed by atoms with E-state index in [1.54, 1.807) is 12.1 Å². The smallest absolute Gasteiger partial charge is 0.407 e. The van der Waals surface area contributed by atoms with E-state index in [-0.39, 0.29) is 11.7 Å². The van der Waals surface area contributed by atoms with Crippen LogP contribution >= 0.6 is 0 Å². The average Bonchev–Trinajstić information content (AvgIpc) is 2.36. The lowest BCUT2D eigenvalue weighted by Gasteiger charge is -2.18. The molecule has 0 heterocycles. The molecule has 0 amide bonds. The van der Waals surface area contributed by atoms with Crippen molar-refractivity contribution in [1.82, 2.24) is 0 Å². The SMILES string of the molecule is CC(C)Oc1cccc2ccc([C@H](N)C(F)(F)F)cc12. The summed E-state index contributed by atoms with van der Waals surface area (Å²) in [4.78, 5) is 0. The summed E-state index contributed by atoms with van der Waals surface area (Å²) < 4.78 is 43.7. The summed E-state index contributed by atoms with van der Waals surface area (Å²) in [5.74, 6) is 0.564. The molecule has 0 saturated heterocycles. The standard InChI is InChI=1S/C15H16F3NO/c1-9(2)20-13-5-3-4-10-6-7-11(8-12(10)13)14(19)15(16,17)18/h3-9,14H,19H2,1-2H3/t14-/m0/s1. The Morgan fingerprint density at radius 2 is 1.80 bits per heavy atom. The zero-order valence-electron chi connectivity index (χ0n) is 11.2. The zero-order valence-corrected chi connectivity index (χ0v) is 11.2. The van der Waals surface area contributed by atoms with E-state index in [0.29, 0.717) is 11.1 Å². The second kappa shape index (κ2) is 5.32. The summed E-state index contributed by atoms with van der Waals surface area (Å²) in [7, 11) is 0. The highest BCUT2D eigenvalue weighted by molar-refractivity contribution is 5.89. The van der Waals surface area contributed by atoms with Gasteiger partial charge in [-0.2, -0.15) is 13.2 Å². The van der Waals surface area contributed by atoms with Crippen LogP contribution in [0.25, 0.3) is 10.8 Å². The van der Waals surface area contributed by atoms with Gasteiger partial charge in [0, 0.05) is 5.39 Å². The van der Waals surface area contributed by atoms with Crippen molar-refractivity contribution < 1.29 is 17.9 Å². The third kappa shape index (κ3) is 3.04. The molecule has 2 nitrogen and oxygen atoms in total. The lowest BCUT2D eigenvalue weighted by molar-refractivity contribution is -0.149. The maximum atomic E-state index is 12.7. The number of hydrogen-bond donors (Lipinski definition) is 1. The Hall–Kier alpha value is -1.75. The molecule has 108 valence electrons. The van der Waals surface area contributed by atoms with Crippen LogP contribution in [0.3, 0.4) is 0 Å². The van der Waals surface area contributed by atoms with Crippen LogP contribution in [0.15, 0.2) is 36.4 Å². The molecule has 0 unspecified atom stereocenters. The van der Waals surface area contributed by atoms with Crippen molar-refractivity contribution in [2.75, 3.05) is 0 Å². The number of alkyl halides is 3. The summed E-state index contributed by atoms with van der Waals surface area (Å²) in [6.07, 6.45) is -4.51. The minimum absolute atomic E-state index is 0.0322. The first-order valence-corrected chi connectivity index (χ1v) is 6.30. The van der Waals surface area contributed by atoms with Gasteiger partial charge in [0.15, 0.2) is 0 Å². The van der Waals surface area contributed by atoms with Gasteiger partial charge in [-0.15, -0.1) is 0 Å². The van der Waals surface area contributed by atoms with E-state index < -0.39 is 12.2 Å². The number of benzene rings is 2. The minimum Gasteiger partial charge on any atom is -0.490 e. The maximum Gasteiger partial charge on any atom is 0.407 e. The Morgan fingerprint density at radius 3 is 2.40 bits per heavy atom. The largest absolute Gasteiger partial charge is 0.490 e. The van der Waals surface area contributed by atoms with Gasteiger partial charge in [0.1, 0.15) is 11.8 Å². The van der Waals surface area contributed by atoms with Gasteiger partial charge in [0.2, 0.25) is 0 Å². The van der Waals surface area contributed by atoms with E-state index in [9.17, 15) is 13.2 Å². The Labute approximate surface area is 115 Å². The Bertz CT molecular complexity index is 608. The fourth-order valence-electron chi connectivity index (χ4n) is 2.00. The zero-order chi connectivity index (χ0) is 14.9. The first-order chi connectivity index (χ1) is 9.29. The molecule has 0 aliphatic carbocycles. The molecule has 20 heavy (non-hydrogen) atoms. The van der Waals surface area contributed by atoms with Crippen LogP contribution in [0.1, 0.15) is 25.5 Å². The fraction of sp³-hybridized carbons (Fsp3) is 0.333. The minimum atomic E-state index is -4.46. The van der Waals surface area contributed by atoms with Crippen molar-refractivity contribution >= 4 is 10.8 Å². The Balaban J connectivity index is 2.51. The predicted octanol–water partition coefficient (Wildman–Crippen LogP) is 4.19. The average molecular weight is 283 g/mol. The Kier molecular flexibility index (Phi) is 3.90. The van der Waals surface area contributed by atoms with Crippen molar-refractivity contribution in [1.29, 1.82) is 0 Å². The second-order valence-electron chi connectivity index (χ2n) is 4.92. The Morgan fingerprint density at radius 1 is 1.10 bits per heavy atom. The van der Waals surface area contributed by atoms with Gasteiger partial charge in [-0.3, -0.25) is 0 Å². The van der Waals surface area contributed by atoms with Crippen LogP contribution in [-0.4, -0.2) is 12.3 Å². The molecule has 2 N–H and O–H groups in total. The van der Waals surface area contributed by atoms with Crippen LogP contribution in [0, 0.1) is 0 Å². The van der Waals surface area contributed by atoms with Crippen LogP contribution < -0.4 is 10.5 Å². The van der Waals surface area contributed by atoms with E-state index in [2.05, 4.69) is 0 Å². The molecule has 1 atom stereocenters. The van der Waals surface area contributed by atoms with Crippen LogP contribution in [0.4, 0.5) is 13.2 Å². The molecule has 0 aliphatic rings. The molecular weight excluding hydrogens is 267 g/mol. The lowest BCUT2D eigenvalue weighted by atomic mass is 10.0. The highest BCUT2D eigenvalue weighted by Gasteiger charge is 2.37. The number of nitrogens with two attached hydrogens (primary N) is 1. The number of hydrogen-bond acceptors (Lipinski definition) is 2. The van der Waals surface area contributed by atoms with E-state index in [1.807, 2.05) is 26.0 Å². The van der Waals surface area contributed by atoms with E-state index in [0.717, 1.165) is 5.39 Å². The molecule has 0 bridgehead atoms. The molecule has 0 radical (unpaired) electrons. The van der Waals surface area contributed by atoms with Gasteiger partial charge in [-0.05, 0) is 36.9 Å². The third-order valence-electron chi connectivity index (χ3n) is 2.94. The van der Waals surface area contributed by atoms with Gasteiger partial charge in [0.25, 0.3) is 0 Å². The summed E-state index contributed by atoms with van der Waals surface area (Å²) in [5, 5.41) is 1.46. The first-order valence-electron chi connectivity index (χ1n) is 6.30. The van der Waals surface area contributed by atoms with Crippen molar-refractivity contribution in [2.24, 2.45) is 5.73 Å². The highest BCUT2D eigenvalue weighted by Crippen LogP contribution is 2.34. The predicted molar refractivity (Wildman–Crippen MR) is 72.7 cm³/mol. The number of halogens is 3. The summed E-state index contributed by atoms with van der Waals surface area (Å²) in [6.45, 7) is 3.73. The summed E-state index contributed by atoms with van der Waals surface area (Å²) in [5.41, 5.74) is 5.28. The fourth-order valence-corrected chi connectivity index (χ4v) is 2.00. The summed E-state index contributed by atoms with van der Waals surface area (Å²) >= 11 is 0. The molecule has 0 aliphatic heterocycles. The number of rotatable bonds is 3. The van der Waals surface area contributed by atoms with E-state index in [4.69, 9.17) is 10.5 Å². The molecule has 0 saturated carbocycles. The molecule has 2 aromatic rings. The summed E-state index contributed by atoms with van der Waals surface area (Å²) in [6, 6.07) is 7.87. The van der Waals surface area contributed by atoms with Crippen LogP contribution in [0.2, 0.25) is 0 Å². The molecule has 5 heteroatoms. The molecular formula is C15H16F3NO. The van der Waals surface area contributed by atoms with Crippen molar-refractivity contribution in [3.05, 3.63) is 42.0 Å². The lowest BCUT2D eigenvalue weighted by Crippen LogP contribution is -2.28. The van der Waals surface area contributed by atoms with Crippen molar-refractivity contribution in [2.45, 2.75) is 32.2 Å². The molecule has 2 aromatic carbocycles. The monoisotopic (exact) mass is 283 g/mol. The van der Waals surface area contributed by atoms with Crippen LogP contribution in [-0.2, 0) is 0 Å². The second-order valence-corrected chi connectivity index (χ2v) is 4.92. The normalized spacial score (nSPS) is 13.8. The number of fused-ring (bicyclic) bond motifs is 1. The third-order valence-corrected chi connectivity index (χ3v) is 2.94. The van der Waals surface area contributed by atoms with E-state index >= 15 is 0 Å². The molecule has 0 spiro atoms. The first kappa shape index (κ1) is 14.7. The van der Waals surface area contributed by atoms with Crippen molar-refractivity contribution in [3.8, 4) is 5.75 Å². The van der Waals surface area contributed by atoms with Gasteiger partial charge < -0.3 is 10.5 Å². The molecule has 2 rings (SSSR count). The van der Waals surface area contributed by atoms with Gasteiger partial charge in [-0.1, -0.05) is 24.3 Å². The van der Waals surface area contributed by atoms with Gasteiger partial charge in [-0.25, -0.2) is 0 Å². The molecule has 0 fully saturated rings. The number of ether oxygens (including phenoxy) is 1. The van der Waals surface area contributed by atoms with Gasteiger partial charge >= 0.3 is 6.18 Å². The topological polar surface area (TPSA) is 35.2 Å². The molecule has 0 aromatic heterocycles. The van der Waals surface area contributed by atoms with Gasteiger partial charge in [0.05, 0.1) is 6.10 Å². The maximum absolute atomic E-state index is 12.7.